The molecule has 0 aliphatic rings. The second-order valence-electron chi connectivity index (χ2n) is 5.44. The van der Waals surface area contributed by atoms with Crippen molar-refractivity contribution >= 4 is 15.9 Å². The van der Waals surface area contributed by atoms with Crippen LogP contribution >= 0.6 is 0 Å². The molecule has 0 heterocycles. The molecular formula is C18H22N2O4S. The van der Waals surface area contributed by atoms with Gasteiger partial charge in [0.15, 0.2) is 0 Å². The molecule has 0 radical (unpaired) electrons. The van der Waals surface area contributed by atoms with Gasteiger partial charge < -0.3 is 10.1 Å². The van der Waals surface area contributed by atoms with E-state index in [2.05, 4.69) is 10.0 Å². The van der Waals surface area contributed by atoms with Gasteiger partial charge in [-0.25, -0.2) is 13.1 Å². The van der Waals surface area contributed by atoms with E-state index in [0.717, 1.165) is 5.56 Å². The summed E-state index contributed by atoms with van der Waals surface area (Å²) in [7, 11) is -2.09. The predicted octanol–water partition coefficient (Wildman–Crippen LogP) is 1.93. The van der Waals surface area contributed by atoms with Crippen LogP contribution in [0.25, 0.3) is 0 Å². The Labute approximate surface area is 148 Å². The number of methoxy groups -OCH3 is 1. The minimum Gasteiger partial charge on any atom is -0.385 e. The van der Waals surface area contributed by atoms with Crippen molar-refractivity contribution in [3.8, 4) is 0 Å². The second-order valence-corrected chi connectivity index (χ2v) is 7.21. The molecule has 0 unspecified atom stereocenters. The Morgan fingerprint density at radius 1 is 1.08 bits per heavy atom. The normalized spacial score (nSPS) is 11.2. The molecule has 0 aliphatic carbocycles. The molecule has 0 fully saturated rings. The lowest BCUT2D eigenvalue weighted by atomic mass is 10.2. The van der Waals surface area contributed by atoms with Crippen molar-refractivity contribution in [2.45, 2.75) is 17.9 Å². The Hall–Kier alpha value is -2.22. The molecule has 0 saturated heterocycles. The molecule has 2 N–H and O–H groups in total. The summed E-state index contributed by atoms with van der Waals surface area (Å²) < 4.78 is 31.9. The molecule has 0 bridgehead atoms. The molecule has 0 atom stereocenters. The molecule has 0 aromatic heterocycles. The summed E-state index contributed by atoms with van der Waals surface area (Å²) in [6, 6.07) is 15.5. The van der Waals surface area contributed by atoms with Crippen LogP contribution in [0.4, 0.5) is 0 Å². The Bertz CT molecular complexity index is 792. The highest BCUT2D eigenvalue weighted by molar-refractivity contribution is 7.89. The minimum atomic E-state index is -3.65. The van der Waals surface area contributed by atoms with E-state index in [4.69, 9.17) is 4.74 Å². The summed E-state index contributed by atoms with van der Waals surface area (Å²) in [5, 5.41) is 2.78. The van der Waals surface area contributed by atoms with Gasteiger partial charge in [-0.05, 0) is 30.2 Å². The summed E-state index contributed by atoms with van der Waals surface area (Å²) in [6.07, 6.45) is 0.576. The highest BCUT2D eigenvalue weighted by Gasteiger charge is 2.15. The first kappa shape index (κ1) is 19.1. The number of ether oxygens (including phenoxy) is 1. The average Bonchev–Trinajstić information content (AvgIpc) is 2.64. The van der Waals surface area contributed by atoms with E-state index in [0.29, 0.717) is 25.1 Å². The van der Waals surface area contributed by atoms with E-state index in [1.807, 2.05) is 30.3 Å². The summed E-state index contributed by atoms with van der Waals surface area (Å²) in [4.78, 5) is 12.3. The molecule has 7 heteroatoms. The monoisotopic (exact) mass is 362 g/mol. The fourth-order valence-corrected chi connectivity index (χ4v) is 3.31. The second kappa shape index (κ2) is 9.31. The minimum absolute atomic E-state index is 0.0669. The van der Waals surface area contributed by atoms with Crippen molar-refractivity contribution in [1.82, 2.24) is 10.0 Å². The SMILES string of the molecule is COCCCNS(=O)(=O)c1cccc(C(=O)NCc2ccccc2)c1. The third kappa shape index (κ3) is 5.97. The van der Waals surface area contributed by atoms with Gasteiger partial charge in [0.25, 0.3) is 5.91 Å². The first-order chi connectivity index (χ1) is 12.0. The van der Waals surface area contributed by atoms with Gasteiger partial charge in [-0.15, -0.1) is 0 Å². The van der Waals surface area contributed by atoms with Crippen LogP contribution in [0, 0.1) is 0 Å². The maximum atomic E-state index is 12.3. The topological polar surface area (TPSA) is 84.5 Å². The number of amides is 1. The molecule has 25 heavy (non-hydrogen) atoms. The van der Waals surface area contributed by atoms with E-state index < -0.39 is 10.0 Å². The van der Waals surface area contributed by atoms with Crippen LogP contribution in [0.15, 0.2) is 59.5 Å². The van der Waals surface area contributed by atoms with Gasteiger partial charge in [-0.1, -0.05) is 36.4 Å². The molecule has 2 aromatic carbocycles. The van der Waals surface area contributed by atoms with Gasteiger partial charge in [0.1, 0.15) is 0 Å². The maximum Gasteiger partial charge on any atom is 0.251 e. The predicted molar refractivity (Wildman–Crippen MR) is 95.7 cm³/mol. The third-order valence-electron chi connectivity index (χ3n) is 3.52. The lowest BCUT2D eigenvalue weighted by molar-refractivity contribution is 0.0950. The molecule has 0 saturated carbocycles. The van der Waals surface area contributed by atoms with Crippen LogP contribution < -0.4 is 10.0 Å². The van der Waals surface area contributed by atoms with Crippen molar-refractivity contribution in [3.05, 3.63) is 65.7 Å². The first-order valence-electron chi connectivity index (χ1n) is 7.94. The molecule has 0 spiro atoms. The largest absolute Gasteiger partial charge is 0.385 e. The standard InChI is InChI=1S/C18H22N2O4S/c1-24-12-6-11-20-25(22,23)17-10-5-9-16(13-17)18(21)19-14-15-7-3-2-4-8-15/h2-5,7-10,13,20H,6,11-12,14H2,1H3,(H,19,21). The van der Waals surface area contributed by atoms with Gasteiger partial charge in [0, 0.05) is 32.4 Å². The van der Waals surface area contributed by atoms with Crippen LogP contribution in [0.2, 0.25) is 0 Å². The molecule has 2 aromatic rings. The Balaban J connectivity index is 2.00. The Morgan fingerprint density at radius 3 is 2.56 bits per heavy atom. The number of hydrogen-bond donors (Lipinski definition) is 2. The first-order valence-corrected chi connectivity index (χ1v) is 9.42. The highest BCUT2D eigenvalue weighted by atomic mass is 32.2. The van der Waals surface area contributed by atoms with Crippen molar-refractivity contribution in [2.75, 3.05) is 20.3 Å². The van der Waals surface area contributed by atoms with Gasteiger partial charge in [0.05, 0.1) is 4.90 Å². The van der Waals surface area contributed by atoms with Gasteiger partial charge in [-0.2, -0.15) is 0 Å². The zero-order valence-corrected chi connectivity index (χ0v) is 14.9. The number of benzene rings is 2. The van der Waals surface area contributed by atoms with Crippen LogP contribution in [-0.4, -0.2) is 34.6 Å². The lowest BCUT2D eigenvalue weighted by Gasteiger charge is -2.09. The van der Waals surface area contributed by atoms with Gasteiger partial charge in [-0.3, -0.25) is 4.79 Å². The fourth-order valence-electron chi connectivity index (χ4n) is 2.19. The average molecular weight is 362 g/mol. The van der Waals surface area contributed by atoms with Crippen LogP contribution in [0.1, 0.15) is 22.3 Å². The fraction of sp³-hybridized carbons (Fsp3) is 0.278. The smallest absolute Gasteiger partial charge is 0.251 e. The molecule has 1 amide bonds. The van der Waals surface area contributed by atoms with Crippen molar-refractivity contribution < 1.29 is 17.9 Å². The van der Waals surface area contributed by atoms with E-state index in [9.17, 15) is 13.2 Å². The molecular weight excluding hydrogens is 340 g/mol. The number of carbonyl (C=O) groups is 1. The van der Waals surface area contributed by atoms with E-state index in [1.54, 1.807) is 19.2 Å². The van der Waals surface area contributed by atoms with E-state index >= 15 is 0 Å². The van der Waals surface area contributed by atoms with E-state index in [1.165, 1.54) is 12.1 Å². The Kier molecular flexibility index (Phi) is 7.12. The van der Waals surface area contributed by atoms with Crippen molar-refractivity contribution in [2.24, 2.45) is 0 Å². The highest BCUT2D eigenvalue weighted by Crippen LogP contribution is 2.12. The maximum absolute atomic E-state index is 12.3. The molecule has 134 valence electrons. The molecule has 2 rings (SSSR count). The quantitative estimate of drug-likeness (QED) is 0.668. The number of rotatable bonds is 9. The van der Waals surface area contributed by atoms with Crippen LogP contribution in [0.3, 0.4) is 0 Å². The van der Waals surface area contributed by atoms with Crippen LogP contribution in [-0.2, 0) is 21.3 Å². The number of nitrogens with one attached hydrogen (secondary N) is 2. The van der Waals surface area contributed by atoms with E-state index in [-0.39, 0.29) is 17.3 Å². The summed E-state index contributed by atoms with van der Waals surface area (Å²) in [5.74, 6) is -0.319. The molecule has 0 aliphatic heterocycles. The summed E-state index contributed by atoms with van der Waals surface area (Å²) >= 11 is 0. The van der Waals surface area contributed by atoms with Crippen molar-refractivity contribution in [3.63, 3.8) is 0 Å². The lowest BCUT2D eigenvalue weighted by Crippen LogP contribution is -2.26. The van der Waals surface area contributed by atoms with Gasteiger partial charge in [0.2, 0.25) is 10.0 Å². The Morgan fingerprint density at radius 2 is 1.84 bits per heavy atom. The van der Waals surface area contributed by atoms with Crippen LogP contribution in [0.5, 0.6) is 0 Å². The number of hydrogen-bond acceptors (Lipinski definition) is 4. The summed E-state index contributed by atoms with van der Waals surface area (Å²) in [6.45, 7) is 1.14. The zero-order chi connectivity index (χ0) is 18.1. The van der Waals surface area contributed by atoms with Gasteiger partial charge >= 0.3 is 0 Å². The summed E-state index contributed by atoms with van der Waals surface area (Å²) in [5.41, 5.74) is 1.27. The van der Waals surface area contributed by atoms with Crippen molar-refractivity contribution in [1.29, 1.82) is 0 Å². The number of carbonyl (C=O) groups excluding carboxylic acids is 1. The molecule has 6 nitrogen and oxygen atoms in total. The third-order valence-corrected chi connectivity index (χ3v) is 4.98. The zero-order valence-electron chi connectivity index (χ0n) is 14.1. The number of sulfonamides is 1.